The maximum absolute atomic E-state index is 12.1. The van der Waals surface area contributed by atoms with E-state index in [4.69, 9.17) is 21.8 Å². The highest BCUT2D eigenvalue weighted by Gasteiger charge is 2.19. The average Bonchev–Trinajstić information content (AvgIpc) is 2.79. The first-order valence-electron chi connectivity index (χ1n) is 5.71. The molecular formula is C13H9ClN4O2. The first-order valence-corrected chi connectivity index (χ1v) is 6.09. The van der Waals surface area contributed by atoms with Gasteiger partial charge in [0.2, 0.25) is 5.76 Å². The molecule has 0 aromatic carbocycles. The summed E-state index contributed by atoms with van der Waals surface area (Å²) in [4.78, 5) is 20.1. The lowest BCUT2D eigenvalue weighted by Crippen LogP contribution is -2.13. The van der Waals surface area contributed by atoms with Crippen molar-refractivity contribution < 1.29 is 9.21 Å². The molecule has 3 aromatic rings. The van der Waals surface area contributed by atoms with Gasteiger partial charge in [0.15, 0.2) is 5.58 Å². The van der Waals surface area contributed by atoms with Crippen molar-refractivity contribution >= 4 is 40.1 Å². The van der Waals surface area contributed by atoms with Gasteiger partial charge in [-0.3, -0.25) is 9.78 Å². The SMILES string of the molecule is Nc1c(C(=O)Nc2ccc(Cl)cn2)oc2cccnc12. The van der Waals surface area contributed by atoms with Gasteiger partial charge >= 0.3 is 0 Å². The Morgan fingerprint density at radius 2 is 2.15 bits per heavy atom. The molecule has 6 nitrogen and oxygen atoms in total. The van der Waals surface area contributed by atoms with Gasteiger partial charge in [-0.2, -0.15) is 0 Å². The molecule has 0 unspecified atom stereocenters. The minimum atomic E-state index is -0.490. The number of nitrogen functional groups attached to an aromatic ring is 1. The van der Waals surface area contributed by atoms with Gasteiger partial charge in [0.25, 0.3) is 5.91 Å². The van der Waals surface area contributed by atoms with Crippen LogP contribution in [0.5, 0.6) is 0 Å². The average molecular weight is 289 g/mol. The van der Waals surface area contributed by atoms with E-state index < -0.39 is 5.91 Å². The Hall–Kier alpha value is -2.60. The number of amides is 1. The molecular weight excluding hydrogens is 280 g/mol. The molecule has 20 heavy (non-hydrogen) atoms. The van der Waals surface area contributed by atoms with Crippen LogP contribution in [0.15, 0.2) is 41.1 Å². The van der Waals surface area contributed by atoms with E-state index in [-0.39, 0.29) is 11.4 Å². The van der Waals surface area contributed by atoms with E-state index in [1.165, 1.54) is 6.20 Å². The molecule has 3 N–H and O–H groups in total. The molecule has 0 aliphatic heterocycles. The number of fused-ring (bicyclic) bond motifs is 1. The number of anilines is 2. The number of aromatic nitrogens is 2. The Morgan fingerprint density at radius 1 is 1.30 bits per heavy atom. The third kappa shape index (κ3) is 2.17. The van der Waals surface area contributed by atoms with Crippen molar-refractivity contribution in [3.63, 3.8) is 0 Å². The maximum atomic E-state index is 12.1. The summed E-state index contributed by atoms with van der Waals surface area (Å²) in [6.45, 7) is 0. The quantitative estimate of drug-likeness (QED) is 0.756. The van der Waals surface area contributed by atoms with E-state index in [1.54, 1.807) is 30.5 Å². The molecule has 0 aliphatic carbocycles. The summed E-state index contributed by atoms with van der Waals surface area (Å²) in [7, 11) is 0. The van der Waals surface area contributed by atoms with Crippen LogP contribution >= 0.6 is 11.6 Å². The van der Waals surface area contributed by atoms with Crippen LogP contribution < -0.4 is 11.1 Å². The van der Waals surface area contributed by atoms with Crippen LogP contribution in [-0.4, -0.2) is 15.9 Å². The lowest BCUT2D eigenvalue weighted by Gasteiger charge is -2.02. The topological polar surface area (TPSA) is 94.0 Å². The molecule has 3 heterocycles. The summed E-state index contributed by atoms with van der Waals surface area (Å²) < 4.78 is 5.40. The van der Waals surface area contributed by atoms with E-state index >= 15 is 0 Å². The molecule has 0 bridgehead atoms. The van der Waals surface area contributed by atoms with Crippen LogP contribution in [0.1, 0.15) is 10.6 Å². The van der Waals surface area contributed by atoms with Crippen LogP contribution in [0.4, 0.5) is 11.5 Å². The van der Waals surface area contributed by atoms with Gasteiger partial charge in [-0.25, -0.2) is 4.98 Å². The smallest absolute Gasteiger partial charge is 0.294 e. The molecule has 0 saturated carbocycles. The fourth-order valence-corrected chi connectivity index (χ4v) is 1.85. The van der Waals surface area contributed by atoms with Gasteiger partial charge < -0.3 is 15.5 Å². The number of furan rings is 1. The van der Waals surface area contributed by atoms with Gasteiger partial charge in [-0.05, 0) is 24.3 Å². The molecule has 0 atom stereocenters. The first-order chi connectivity index (χ1) is 9.65. The van der Waals surface area contributed by atoms with Crippen molar-refractivity contribution in [2.24, 2.45) is 0 Å². The molecule has 0 aliphatic rings. The number of carbonyl (C=O) groups is 1. The van der Waals surface area contributed by atoms with Crippen molar-refractivity contribution in [1.29, 1.82) is 0 Å². The highest BCUT2D eigenvalue weighted by Crippen LogP contribution is 2.26. The number of nitrogens with two attached hydrogens (primary N) is 1. The molecule has 100 valence electrons. The first kappa shape index (κ1) is 12.4. The number of hydrogen-bond donors (Lipinski definition) is 2. The second-order valence-electron chi connectivity index (χ2n) is 4.01. The third-order valence-corrected chi connectivity index (χ3v) is 2.88. The van der Waals surface area contributed by atoms with E-state index in [0.717, 1.165) is 0 Å². The largest absolute Gasteiger partial charge is 0.447 e. The predicted molar refractivity (Wildman–Crippen MR) is 75.6 cm³/mol. The van der Waals surface area contributed by atoms with Gasteiger partial charge in [-0.1, -0.05) is 11.6 Å². The molecule has 7 heteroatoms. The number of halogens is 1. The summed E-state index contributed by atoms with van der Waals surface area (Å²) in [5.74, 6) is -0.127. The Kier molecular flexibility index (Phi) is 3.00. The number of carbonyl (C=O) groups excluding carboxylic acids is 1. The fraction of sp³-hybridized carbons (Fsp3) is 0. The summed E-state index contributed by atoms with van der Waals surface area (Å²) in [5, 5.41) is 3.06. The Labute approximate surface area is 118 Å². The fourth-order valence-electron chi connectivity index (χ4n) is 1.74. The number of nitrogens with zero attached hydrogens (tertiary/aromatic N) is 2. The van der Waals surface area contributed by atoms with E-state index in [1.807, 2.05) is 0 Å². The minimum absolute atomic E-state index is 0.00968. The van der Waals surface area contributed by atoms with Crippen molar-refractivity contribution in [1.82, 2.24) is 9.97 Å². The van der Waals surface area contributed by atoms with Crippen LogP contribution in [0.2, 0.25) is 5.02 Å². The van der Waals surface area contributed by atoms with Crippen LogP contribution in [-0.2, 0) is 0 Å². The summed E-state index contributed by atoms with van der Waals surface area (Å²) in [6.07, 6.45) is 3.01. The number of nitrogens with one attached hydrogen (secondary N) is 1. The molecule has 0 saturated heterocycles. The number of pyridine rings is 2. The highest BCUT2D eigenvalue weighted by molar-refractivity contribution is 6.30. The molecule has 1 amide bonds. The van der Waals surface area contributed by atoms with E-state index in [2.05, 4.69) is 15.3 Å². The summed E-state index contributed by atoms with van der Waals surface area (Å²) in [5.41, 5.74) is 6.98. The summed E-state index contributed by atoms with van der Waals surface area (Å²) in [6, 6.07) is 6.59. The zero-order valence-corrected chi connectivity index (χ0v) is 10.9. The Balaban J connectivity index is 1.92. The van der Waals surface area contributed by atoms with Crippen molar-refractivity contribution in [3.05, 3.63) is 47.4 Å². The minimum Gasteiger partial charge on any atom is -0.447 e. The monoisotopic (exact) mass is 288 g/mol. The maximum Gasteiger partial charge on any atom is 0.294 e. The number of hydrogen-bond acceptors (Lipinski definition) is 5. The normalized spacial score (nSPS) is 10.7. The van der Waals surface area contributed by atoms with Gasteiger partial charge in [0.05, 0.1) is 5.02 Å². The molecule has 3 rings (SSSR count). The zero-order chi connectivity index (χ0) is 14.1. The lowest BCUT2D eigenvalue weighted by atomic mass is 10.3. The molecule has 0 radical (unpaired) electrons. The van der Waals surface area contributed by atoms with Crippen LogP contribution in [0.25, 0.3) is 11.1 Å². The Bertz CT molecular complexity index is 783. The van der Waals surface area contributed by atoms with Crippen molar-refractivity contribution in [3.8, 4) is 0 Å². The van der Waals surface area contributed by atoms with Crippen LogP contribution in [0.3, 0.4) is 0 Å². The third-order valence-electron chi connectivity index (χ3n) is 2.66. The molecule has 0 spiro atoms. The summed E-state index contributed by atoms with van der Waals surface area (Å²) >= 11 is 5.72. The van der Waals surface area contributed by atoms with Crippen LogP contribution in [0, 0.1) is 0 Å². The zero-order valence-electron chi connectivity index (χ0n) is 10.1. The van der Waals surface area contributed by atoms with Gasteiger partial charge in [-0.15, -0.1) is 0 Å². The van der Waals surface area contributed by atoms with E-state index in [9.17, 15) is 4.79 Å². The Morgan fingerprint density at radius 3 is 2.85 bits per heavy atom. The standard InChI is InChI=1S/C13H9ClN4O2/c14-7-3-4-9(17-6-7)18-13(19)12-10(15)11-8(20-12)2-1-5-16-11/h1-6H,15H2,(H,17,18,19). The van der Waals surface area contributed by atoms with Crippen molar-refractivity contribution in [2.45, 2.75) is 0 Å². The molecule has 0 fully saturated rings. The molecule has 3 aromatic heterocycles. The lowest BCUT2D eigenvalue weighted by molar-refractivity contribution is 0.0999. The van der Waals surface area contributed by atoms with Gasteiger partial charge in [0.1, 0.15) is 17.0 Å². The second kappa shape index (κ2) is 4.82. The van der Waals surface area contributed by atoms with Crippen molar-refractivity contribution in [2.75, 3.05) is 11.1 Å². The van der Waals surface area contributed by atoms with Gasteiger partial charge in [0, 0.05) is 12.4 Å². The number of rotatable bonds is 2. The predicted octanol–water partition coefficient (Wildman–Crippen LogP) is 2.71. The highest BCUT2D eigenvalue weighted by atomic mass is 35.5. The second-order valence-corrected chi connectivity index (χ2v) is 4.45. The van der Waals surface area contributed by atoms with E-state index in [0.29, 0.717) is 21.9 Å².